The third kappa shape index (κ3) is 2.24. The molecule has 1 atom stereocenters. The highest BCUT2D eigenvalue weighted by atomic mass is 14.6. The summed E-state index contributed by atoms with van der Waals surface area (Å²) >= 11 is 0. The molecule has 0 saturated carbocycles. The SMILES string of the molecule is CCC[C@@H](N)c1cccc(N)c1. The number of hydrogen-bond donors (Lipinski definition) is 2. The lowest BCUT2D eigenvalue weighted by Gasteiger charge is -2.10. The van der Waals surface area contributed by atoms with Gasteiger partial charge in [-0.05, 0) is 24.1 Å². The van der Waals surface area contributed by atoms with Crippen molar-refractivity contribution in [3.63, 3.8) is 0 Å². The summed E-state index contributed by atoms with van der Waals surface area (Å²) in [5, 5.41) is 0. The van der Waals surface area contributed by atoms with E-state index in [1.807, 2.05) is 24.3 Å². The van der Waals surface area contributed by atoms with Crippen LogP contribution in [0.1, 0.15) is 31.4 Å². The lowest BCUT2D eigenvalue weighted by Crippen LogP contribution is -2.09. The van der Waals surface area contributed by atoms with E-state index in [4.69, 9.17) is 11.5 Å². The van der Waals surface area contributed by atoms with Crippen molar-refractivity contribution in [3.05, 3.63) is 29.8 Å². The van der Waals surface area contributed by atoms with Crippen molar-refractivity contribution in [2.45, 2.75) is 25.8 Å². The average Bonchev–Trinajstić information content (AvgIpc) is 2.05. The maximum Gasteiger partial charge on any atom is 0.0317 e. The van der Waals surface area contributed by atoms with E-state index < -0.39 is 0 Å². The first-order valence-corrected chi connectivity index (χ1v) is 4.35. The summed E-state index contributed by atoms with van der Waals surface area (Å²) in [5.41, 5.74) is 13.5. The number of nitrogens with two attached hydrogens (primary N) is 2. The van der Waals surface area contributed by atoms with Crippen LogP contribution in [-0.4, -0.2) is 0 Å². The van der Waals surface area contributed by atoms with E-state index in [9.17, 15) is 0 Å². The Morgan fingerprint density at radius 2 is 2.17 bits per heavy atom. The molecule has 0 aliphatic carbocycles. The van der Waals surface area contributed by atoms with Gasteiger partial charge in [-0.15, -0.1) is 0 Å². The van der Waals surface area contributed by atoms with Crippen molar-refractivity contribution in [1.82, 2.24) is 0 Å². The van der Waals surface area contributed by atoms with E-state index in [1.54, 1.807) is 0 Å². The molecule has 0 amide bonds. The van der Waals surface area contributed by atoms with Crippen molar-refractivity contribution in [1.29, 1.82) is 0 Å². The Kier molecular flexibility index (Phi) is 3.11. The summed E-state index contributed by atoms with van der Waals surface area (Å²) in [6.45, 7) is 2.13. The molecule has 0 saturated heterocycles. The monoisotopic (exact) mass is 164 g/mol. The standard InChI is InChI=1S/C10H16N2/c1-2-4-10(12)8-5-3-6-9(11)7-8/h3,5-7,10H,2,4,11-12H2,1H3/t10-/m1/s1. The fourth-order valence-corrected chi connectivity index (χ4v) is 1.27. The number of nitrogen functional groups attached to an aromatic ring is 1. The molecule has 0 aromatic heterocycles. The van der Waals surface area contributed by atoms with Crippen LogP contribution in [0.25, 0.3) is 0 Å². The first-order valence-electron chi connectivity index (χ1n) is 4.35. The number of rotatable bonds is 3. The zero-order chi connectivity index (χ0) is 8.97. The summed E-state index contributed by atoms with van der Waals surface area (Å²) in [6.07, 6.45) is 2.12. The van der Waals surface area contributed by atoms with Crippen molar-refractivity contribution in [2.24, 2.45) is 5.73 Å². The topological polar surface area (TPSA) is 52.0 Å². The molecule has 0 aliphatic heterocycles. The average molecular weight is 164 g/mol. The molecule has 0 radical (unpaired) electrons. The minimum atomic E-state index is 0.137. The summed E-state index contributed by atoms with van der Waals surface area (Å²) in [4.78, 5) is 0. The second kappa shape index (κ2) is 4.12. The Morgan fingerprint density at radius 1 is 1.42 bits per heavy atom. The van der Waals surface area contributed by atoms with E-state index in [0.717, 1.165) is 24.1 Å². The normalized spacial score (nSPS) is 12.8. The molecule has 0 aliphatic rings. The van der Waals surface area contributed by atoms with Crippen LogP contribution in [0.3, 0.4) is 0 Å². The van der Waals surface area contributed by atoms with Gasteiger partial charge in [-0.2, -0.15) is 0 Å². The molecule has 0 bridgehead atoms. The van der Waals surface area contributed by atoms with E-state index in [2.05, 4.69) is 6.92 Å². The molecule has 0 fully saturated rings. The summed E-state index contributed by atoms with van der Waals surface area (Å²) in [5.74, 6) is 0. The van der Waals surface area contributed by atoms with Crippen LogP contribution in [0.4, 0.5) is 5.69 Å². The third-order valence-electron chi connectivity index (χ3n) is 1.94. The van der Waals surface area contributed by atoms with Crippen LogP contribution in [-0.2, 0) is 0 Å². The molecule has 4 N–H and O–H groups in total. The molecular weight excluding hydrogens is 148 g/mol. The van der Waals surface area contributed by atoms with Gasteiger partial charge in [-0.1, -0.05) is 25.5 Å². The molecule has 66 valence electrons. The van der Waals surface area contributed by atoms with Gasteiger partial charge in [-0.3, -0.25) is 0 Å². The summed E-state index contributed by atoms with van der Waals surface area (Å²) in [7, 11) is 0. The van der Waals surface area contributed by atoms with Crippen molar-refractivity contribution < 1.29 is 0 Å². The largest absolute Gasteiger partial charge is 0.399 e. The zero-order valence-electron chi connectivity index (χ0n) is 7.46. The highest BCUT2D eigenvalue weighted by Crippen LogP contribution is 2.17. The van der Waals surface area contributed by atoms with Crippen LogP contribution in [0.2, 0.25) is 0 Å². The van der Waals surface area contributed by atoms with E-state index in [1.165, 1.54) is 0 Å². The van der Waals surface area contributed by atoms with Gasteiger partial charge in [0.15, 0.2) is 0 Å². The van der Waals surface area contributed by atoms with Crippen molar-refractivity contribution in [2.75, 3.05) is 5.73 Å². The summed E-state index contributed by atoms with van der Waals surface area (Å²) in [6, 6.07) is 7.93. The first-order chi connectivity index (χ1) is 5.74. The first kappa shape index (κ1) is 9.07. The molecule has 0 unspecified atom stereocenters. The summed E-state index contributed by atoms with van der Waals surface area (Å²) < 4.78 is 0. The predicted molar refractivity (Wildman–Crippen MR) is 52.7 cm³/mol. The fraction of sp³-hybridized carbons (Fsp3) is 0.400. The second-order valence-corrected chi connectivity index (χ2v) is 3.07. The second-order valence-electron chi connectivity index (χ2n) is 3.07. The quantitative estimate of drug-likeness (QED) is 0.672. The number of benzene rings is 1. The predicted octanol–water partition coefficient (Wildman–Crippen LogP) is 2.07. The van der Waals surface area contributed by atoms with Gasteiger partial charge in [0.1, 0.15) is 0 Å². The van der Waals surface area contributed by atoms with Crippen LogP contribution in [0, 0.1) is 0 Å². The Morgan fingerprint density at radius 3 is 2.75 bits per heavy atom. The van der Waals surface area contributed by atoms with Crippen LogP contribution < -0.4 is 11.5 Å². The Labute approximate surface area is 73.6 Å². The van der Waals surface area contributed by atoms with Gasteiger partial charge in [0.25, 0.3) is 0 Å². The lowest BCUT2D eigenvalue weighted by atomic mass is 10.0. The molecule has 2 nitrogen and oxygen atoms in total. The molecule has 1 aromatic rings. The molecule has 0 spiro atoms. The van der Waals surface area contributed by atoms with Crippen molar-refractivity contribution >= 4 is 5.69 Å². The van der Waals surface area contributed by atoms with Gasteiger partial charge in [0.2, 0.25) is 0 Å². The zero-order valence-corrected chi connectivity index (χ0v) is 7.46. The van der Waals surface area contributed by atoms with Crippen molar-refractivity contribution in [3.8, 4) is 0 Å². The van der Waals surface area contributed by atoms with Gasteiger partial charge in [-0.25, -0.2) is 0 Å². The van der Waals surface area contributed by atoms with Crippen LogP contribution in [0.15, 0.2) is 24.3 Å². The molecule has 2 heteroatoms. The van der Waals surface area contributed by atoms with Crippen LogP contribution in [0.5, 0.6) is 0 Å². The molecule has 1 rings (SSSR count). The highest BCUT2D eigenvalue weighted by Gasteiger charge is 2.03. The number of anilines is 1. The molecule has 1 aromatic carbocycles. The Bertz CT molecular complexity index is 245. The van der Waals surface area contributed by atoms with E-state index in [0.29, 0.717) is 0 Å². The van der Waals surface area contributed by atoms with E-state index >= 15 is 0 Å². The maximum absolute atomic E-state index is 5.92. The van der Waals surface area contributed by atoms with Gasteiger partial charge < -0.3 is 11.5 Å². The molecule has 0 heterocycles. The lowest BCUT2D eigenvalue weighted by molar-refractivity contribution is 0.639. The fourth-order valence-electron chi connectivity index (χ4n) is 1.27. The smallest absolute Gasteiger partial charge is 0.0317 e. The maximum atomic E-state index is 5.92. The van der Waals surface area contributed by atoms with E-state index in [-0.39, 0.29) is 6.04 Å². The highest BCUT2D eigenvalue weighted by molar-refractivity contribution is 5.41. The molecular formula is C10H16N2. The minimum absolute atomic E-state index is 0.137. The third-order valence-corrected chi connectivity index (χ3v) is 1.94. The van der Waals surface area contributed by atoms with Gasteiger partial charge in [0, 0.05) is 11.7 Å². The van der Waals surface area contributed by atoms with Gasteiger partial charge in [0.05, 0.1) is 0 Å². The number of hydrogen-bond acceptors (Lipinski definition) is 2. The Hall–Kier alpha value is -1.02. The van der Waals surface area contributed by atoms with Crippen LogP contribution >= 0.6 is 0 Å². The van der Waals surface area contributed by atoms with Gasteiger partial charge >= 0.3 is 0 Å². The Balaban J connectivity index is 2.73. The molecule has 12 heavy (non-hydrogen) atoms. The minimum Gasteiger partial charge on any atom is -0.399 e.